The van der Waals surface area contributed by atoms with Gasteiger partial charge in [0.25, 0.3) is 0 Å². The van der Waals surface area contributed by atoms with Crippen LogP contribution in [0.15, 0.2) is 4.99 Å². The molecular weight excluding hydrogens is 401 g/mol. The molecule has 3 atom stereocenters. The maximum absolute atomic E-state index is 6.00. The highest BCUT2D eigenvalue weighted by Crippen LogP contribution is 2.51. The summed E-state index contributed by atoms with van der Waals surface area (Å²) in [7, 11) is 1.88. The van der Waals surface area contributed by atoms with Crippen molar-refractivity contribution >= 4 is 29.9 Å². The highest BCUT2D eigenvalue weighted by molar-refractivity contribution is 14.0. The molecule has 3 fully saturated rings. The van der Waals surface area contributed by atoms with E-state index < -0.39 is 0 Å². The SMILES string of the molecule is CCC1(CNC(=NC)NC2C3CCCOC3C2(C)C)CCC1.I. The third kappa shape index (κ3) is 3.51. The molecule has 0 radical (unpaired) electrons. The number of fused-ring (bicyclic) bond motifs is 1. The van der Waals surface area contributed by atoms with Crippen LogP contribution in [0.2, 0.25) is 0 Å². The second-order valence-electron chi connectivity index (χ2n) is 8.17. The van der Waals surface area contributed by atoms with Crippen LogP contribution in [0.4, 0.5) is 0 Å². The van der Waals surface area contributed by atoms with E-state index in [1.807, 2.05) is 7.05 Å². The highest BCUT2D eigenvalue weighted by atomic mass is 127. The molecule has 1 heterocycles. The molecule has 2 saturated carbocycles. The summed E-state index contributed by atoms with van der Waals surface area (Å²) in [5, 5.41) is 7.29. The average Bonchev–Trinajstić information content (AvgIpc) is 2.49. The molecule has 2 aliphatic carbocycles. The predicted molar refractivity (Wildman–Crippen MR) is 107 cm³/mol. The van der Waals surface area contributed by atoms with Gasteiger partial charge in [-0.2, -0.15) is 0 Å². The van der Waals surface area contributed by atoms with Crippen LogP contribution in [0, 0.1) is 16.7 Å². The van der Waals surface area contributed by atoms with Crippen LogP contribution in [0.5, 0.6) is 0 Å². The molecule has 23 heavy (non-hydrogen) atoms. The Morgan fingerprint density at radius 1 is 1.26 bits per heavy atom. The lowest BCUT2D eigenvalue weighted by molar-refractivity contribution is -0.188. The molecule has 2 N–H and O–H groups in total. The van der Waals surface area contributed by atoms with Gasteiger partial charge in [-0.05, 0) is 37.5 Å². The molecule has 0 aromatic rings. The van der Waals surface area contributed by atoms with E-state index in [1.165, 1.54) is 38.5 Å². The molecule has 3 aliphatic rings. The number of ether oxygens (including phenoxy) is 1. The Morgan fingerprint density at radius 3 is 2.57 bits per heavy atom. The minimum atomic E-state index is 0. The van der Waals surface area contributed by atoms with Gasteiger partial charge in [0.15, 0.2) is 5.96 Å². The Bertz CT molecular complexity index is 428. The fourth-order valence-electron chi connectivity index (χ4n) is 4.76. The first-order valence-electron chi connectivity index (χ1n) is 9.11. The van der Waals surface area contributed by atoms with Gasteiger partial charge in [-0.25, -0.2) is 0 Å². The first-order valence-corrected chi connectivity index (χ1v) is 9.11. The molecule has 0 aromatic carbocycles. The molecule has 0 amide bonds. The Balaban J connectivity index is 0.00000192. The smallest absolute Gasteiger partial charge is 0.191 e. The number of halogens is 1. The Morgan fingerprint density at radius 2 is 2.00 bits per heavy atom. The molecule has 0 aromatic heterocycles. The van der Waals surface area contributed by atoms with Crippen molar-refractivity contribution in [3.63, 3.8) is 0 Å². The zero-order valence-corrected chi connectivity index (χ0v) is 17.5. The van der Waals surface area contributed by atoms with E-state index in [2.05, 4.69) is 36.4 Å². The fraction of sp³-hybridized carbons (Fsp3) is 0.944. The molecular formula is C18H34IN3O. The van der Waals surface area contributed by atoms with E-state index in [4.69, 9.17) is 4.74 Å². The summed E-state index contributed by atoms with van der Waals surface area (Å²) < 4.78 is 6.00. The maximum Gasteiger partial charge on any atom is 0.191 e. The number of hydrogen-bond acceptors (Lipinski definition) is 2. The number of rotatable bonds is 4. The topological polar surface area (TPSA) is 45.7 Å². The summed E-state index contributed by atoms with van der Waals surface area (Å²) in [5.41, 5.74) is 0.713. The Kier molecular flexibility index (Phi) is 6.26. The second-order valence-corrected chi connectivity index (χ2v) is 8.17. The maximum atomic E-state index is 6.00. The van der Waals surface area contributed by atoms with Gasteiger partial charge in [-0.15, -0.1) is 24.0 Å². The van der Waals surface area contributed by atoms with Crippen LogP contribution in [-0.2, 0) is 4.74 Å². The van der Waals surface area contributed by atoms with Gasteiger partial charge in [-0.1, -0.05) is 27.2 Å². The van der Waals surface area contributed by atoms with E-state index in [-0.39, 0.29) is 29.4 Å². The van der Waals surface area contributed by atoms with Gasteiger partial charge >= 0.3 is 0 Å². The van der Waals surface area contributed by atoms with Crippen molar-refractivity contribution in [1.29, 1.82) is 0 Å². The first kappa shape index (κ1) is 19.3. The molecule has 4 nitrogen and oxygen atoms in total. The molecule has 0 bridgehead atoms. The van der Waals surface area contributed by atoms with Crippen molar-refractivity contribution < 1.29 is 4.74 Å². The van der Waals surface area contributed by atoms with E-state index >= 15 is 0 Å². The molecule has 3 unspecified atom stereocenters. The van der Waals surface area contributed by atoms with Gasteiger partial charge < -0.3 is 15.4 Å². The molecule has 134 valence electrons. The van der Waals surface area contributed by atoms with Crippen LogP contribution in [-0.4, -0.2) is 38.3 Å². The van der Waals surface area contributed by atoms with Crippen molar-refractivity contribution in [3.05, 3.63) is 0 Å². The van der Waals surface area contributed by atoms with Crippen molar-refractivity contribution in [2.75, 3.05) is 20.2 Å². The fourth-order valence-corrected chi connectivity index (χ4v) is 4.76. The first-order chi connectivity index (χ1) is 10.5. The summed E-state index contributed by atoms with van der Waals surface area (Å²) in [6.07, 6.45) is 8.28. The molecule has 5 heteroatoms. The van der Waals surface area contributed by atoms with E-state index in [1.54, 1.807) is 0 Å². The van der Waals surface area contributed by atoms with Gasteiger partial charge in [0, 0.05) is 37.6 Å². The average molecular weight is 435 g/mol. The Hall–Kier alpha value is -0.0400. The van der Waals surface area contributed by atoms with Crippen LogP contribution in [0.25, 0.3) is 0 Å². The minimum Gasteiger partial charge on any atom is -0.377 e. The van der Waals surface area contributed by atoms with E-state index in [0.717, 1.165) is 19.1 Å². The molecule has 0 spiro atoms. The zero-order chi connectivity index (χ0) is 15.8. The zero-order valence-electron chi connectivity index (χ0n) is 15.2. The normalized spacial score (nSPS) is 34.3. The summed E-state index contributed by atoms with van der Waals surface area (Å²) in [4.78, 5) is 4.46. The molecule has 3 rings (SSSR count). The number of hydrogen-bond donors (Lipinski definition) is 2. The number of nitrogens with zero attached hydrogens (tertiary/aromatic N) is 1. The third-order valence-electron chi connectivity index (χ3n) is 6.64. The summed E-state index contributed by atoms with van der Waals surface area (Å²) >= 11 is 0. The second kappa shape index (κ2) is 7.46. The summed E-state index contributed by atoms with van der Waals surface area (Å²) in [6.45, 7) is 8.95. The number of nitrogens with one attached hydrogen (secondary N) is 2. The van der Waals surface area contributed by atoms with Crippen LogP contribution in [0.3, 0.4) is 0 Å². The predicted octanol–water partition coefficient (Wildman–Crippen LogP) is 3.55. The third-order valence-corrected chi connectivity index (χ3v) is 6.64. The van der Waals surface area contributed by atoms with Gasteiger partial charge in [0.2, 0.25) is 0 Å². The lowest BCUT2D eigenvalue weighted by atomic mass is 9.55. The van der Waals surface area contributed by atoms with E-state index in [9.17, 15) is 0 Å². The van der Waals surface area contributed by atoms with Crippen molar-refractivity contribution in [3.8, 4) is 0 Å². The lowest BCUT2D eigenvalue weighted by Crippen LogP contribution is -2.71. The quantitative estimate of drug-likeness (QED) is 0.403. The highest BCUT2D eigenvalue weighted by Gasteiger charge is 2.58. The lowest BCUT2D eigenvalue weighted by Gasteiger charge is -2.60. The van der Waals surface area contributed by atoms with Gasteiger partial charge in [0.1, 0.15) is 0 Å². The van der Waals surface area contributed by atoms with Gasteiger partial charge in [-0.3, -0.25) is 4.99 Å². The van der Waals surface area contributed by atoms with Crippen LogP contribution < -0.4 is 10.6 Å². The van der Waals surface area contributed by atoms with Crippen molar-refractivity contribution in [2.24, 2.45) is 21.7 Å². The standard InChI is InChI=1S/C18H33N3O.HI/c1-5-18(9-7-10-18)12-20-16(19-4)21-14-13-8-6-11-22-15(13)17(14,2)3;/h13-15H,5-12H2,1-4H3,(H2,19,20,21);1H. The van der Waals surface area contributed by atoms with E-state index in [0.29, 0.717) is 23.5 Å². The molecule has 1 aliphatic heterocycles. The number of aliphatic imine (C=N–C) groups is 1. The largest absolute Gasteiger partial charge is 0.377 e. The number of guanidine groups is 1. The van der Waals surface area contributed by atoms with Crippen molar-refractivity contribution in [2.45, 2.75) is 71.4 Å². The minimum absolute atomic E-state index is 0. The Labute approximate surface area is 158 Å². The molecule has 1 saturated heterocycles. The monoisotopic (exact) mass is 435 g/mol. The van der Waals surface area contributed by atoms with Crippen LogP contribution in [0.1, 0.15) is 59.3 Å². The summed E-state index contributed by atoms with van der Waals surface area (Å²) in [5.74, 6) is 1.62. The summed E-state index contributed by atoms with van der Waals surface area (Å²) in [6, 6.07) is 0.475. The van der Waals surface area contributed by atoms with Crippen molar-refractivity contribution in [1.82, 2.24) is 10.6 Å². The van der Waals surface area contributed by atoms with Gasteiger partial charge in [0.05, 0.1) is 6.10 Å². The van der Waals surface area contributed by atoms with Crippen LogP contribution >= 0.6 is 24.0 Å².